The third-order valence-corrected chi connectivity index (χ3v) is 7.61. The van der Waals surface area contributed by atoms with Gasteiger partial charge in [-0.25, -0.2) is 4.79 Å². The summed E-state index contributed by atoms with van der Waals surface area (Å²) in [6, 6.07) is 18.3. The Bertz CT molecular complexity index is 1170. The molecule has 2 saturated heterocycles. The van der Waals surface area contributed by atoms with Crippen molar-refractivity contribution in [3.05, 3.63) is 65.7 Å². The normalized spacial score (nSPS) is 18.4. The van der Waals surface area contributed by atoms with Gasteiger partial charge in [0.2, 0.25) is 5.88 Å². The Kier molecular flexibility index (Phi) is 8.61. The van der Waals surface area contributed by atoms with E-state index in [-0.39, 0.29) is 6.03 Å². The number of nitrogens with one attached hydrogen (secondary N) is 1. The number of hydrogen-bond donors (Lipinski definition) is 1. The molecule has 202 valence electrons. The lowest BCUT2D eigenvalue weighted by molar-refractivity contribution is 0.0349. The fourth-order valence-corrected chi connectivity index (χ4v) is 5.26. The standard InChI is InChI=1S/C30H39N5O3/c1-23-11-13-26(14-12-23)31-30(36)34(17-16-33-18-20-37-21-19-33)22-27-28(25-9-4-3-5-10-25)32-38-29(27)35-15-7-6-8-24(35)2/h3-5,9-14,24H,6-8,15-22H2,1-2H3,(H,31,36)/t24-/m0/s1. The first-order valence-corrected chi connectivity index (χ1v) is 13.8. The van der Waals surface area contributed by atoms with Crippen LogP contribution in [0.1, 0.15) is 37.3 Å². The highest BCUT2D eigenvalue weighted by atomic mass is 16.5. The van der Waals surface area contributed by atoms with Crippen molar-refractivity contribution in [1.82, 2.24) is 15.0 Å². The molecule has 1 atom stereocenters. The lowest BCUT2D eigenvalue weighted by atomic mass is 10.0. The van der Waals surface area contributed by atoms with Crippen LogP contribution in [0.2, 0.25) is 0 Å². The number of carbonyl (C=O) groups excluding carboxylic acids is 1. The van der Waals surface area contributed by atoms with E-state index >= 15 is 0 Å². The molecular weight excluding hydrogens is 478 g/mol. The van der Waals surface area contributed by atoms with Crippen molar-refractivity contribution in [1.29, 1.82) is 0 Å². The molecule has 0 saturated carbocycles. The van der Waals surface area contributed by atoms with Gasteiger partial charge >= 0.3 is 6.03 Å². The molecule has 8 heteroatoms. The number of rotatable bonds is 8. The predicted octanol–water partition coefficient (Wildman–Crippen LogP) is 5.40. The van der Waals surface area contributed by atoms with Crippen molar-refractivity contribution in [3.63, 3.8) is 0 Å². The molecule has 2 amide bonds. The van der Waals surface area contributed by atoms with E-state index in [4.69, 9.17) is 9.26 Å². The van der Waals surface area contributed by atoms with Gasteiger partial charge in [0, 0.05) is 50.0 Å². The van der Waals surface area contributed by atoms with Crippen LogP contribution in [0.4, 0.5) is 16.4 Å². The van der Waals surface area contributed by atoms with E-state index in [9.17, 15) is 4.79 Å². The third-order valence-electron chi connectivity index (χ3n) is 7.61. The molecule has 1 aromatic heterocycles. The zero-order chi connectivity index (χ0) is 26.3. The van der Waals surface area contributed by atoms with Crippen LogP contribution in [0, 0.1) is 6.92 Å². The van der Waals surface area contributed by atoms with E-state index in [0.717, 1.165) is 86.2 Å². The minimum atomic E-state index is -0.125. The number of amides is 2. The Hall–Kier alpha value is -3.36. The average Bonchev–Trinajstić information content (AvgIpc) is 3.36. The van der Waals surface area contributed by atoms with E-state index in [1.807, 2.05) is 54.3 Å². The molecule has 1 N–H and O–H groups in total. The first-order valence-electron chi connectivity index (χ1n) is 13.8. The van der Waals surface area contributed by atoms with Gasteiger partial charge in [0.15, 0.2) is 0 Å². The maximum Gasteiger partial charge on any atom is 0.322 e. The summed E-state index contributed by atoms with van der Waals surface area (Å²) >= 11 is 0. The second-order valence-corrected chi connectivity index (χ2v) is 10.4. The first kappa shape index (κ1) is 26.3. The van der Waals surface area contributed by atoms with Crippen LogP contribution in [-0.2, 0) is 11.3 Å². The first-order chi connectivity index (χ1) is 18.6. The van der Waals surface area contributed by atoms with Gasteiger partial charge in [-0.2, -0.15) is 0 Å². The number of benzene rings is 2. The zero-order valence-electron chi connectivity index (χ0n) is 22.6. The Morgan fingerprint density at radius 2 is 1.82 bits per heavy atom. The molecule has 0 unspecified atom stereocenters. The molecule has 2 aliphatic heterocycles. The summed E-state index contributed by atoms with van der Waals surface area (Å²) in [4.78, 5) is 20.3. The van der Waals surface area contributed by atoms with Crippen molar-refractivity contribution >= 4 is 17.6 Å². The number of nitrogens with zero attached hydrogens (tertiary/aromatic N) is 4. The Balaban J connectivity index is 1.45. The minimum absolute atomic E-state index is 0.125. The lowest BCUT2D eigenvalue weighted by Crippen LogP contribution is -2.44. The van der Waals surface area contributed by atoms with Crippen molar-refractivity contribution in [2.24, 2.45) is 0 Å². The number of ether oxygens (including phenoxy) is 1. The molecular formula is C30H39N5O3. The number of aromatic nitrogens is 1. The van der Waals surface area contributed by atoms with Crippen LogP contribution in [0.15, 0.2) is 59.1 Å². The average molecular weight is 518 g/mol. The van der Waals surface area contributed by atoms with Crippen LogP contribution in [-0.4, -0.2) is 73.0 Å². The van der Waals surface area contributed by atoms with E-state index in [0.29, 0.717) is 19.1 Å². The number of urea groups is 1. The summed E-state index contributed by atoms with van der Waals surface area (Å²) in [5, 5.41) is 7.67. The summed E-state index contributed by atoms with van der Waals surface area (Å²) < 4.78 is 11.6. The molecule has 8 nitrogen and oxygen atoms in total. The largest absolute Gasteiger partial charge is 0.379 e. The van der Waals surface area contributed by atoms with Gasteiger partial charge in [0.25, 0.3) is 0 Å². The monoisotopic (exact) mass is 517 g/mol. The van der Waals surface area contributed by atoms with Crippen LogP contribution in [0.5, 0.6) is 0 Å². The molecule has 38 heavy (non-hydrogen) atoms. The van der Waals surface area contributed by atoms with Gasteiger partial charge in [0.1, 0.15) is 5.69 Å². The van der Waals surface area contributed by atoms with Crippen LogP contribution in [0.3, 0.4) is 0 Å². The Morgan fingerprint density at radius 1 is 1.05 bits per heavy atom. The summed E-state index contributed by atoms with van der Waals surface area (Å²) in [5.41, 5.74) is 4.71. The van der Waals surface area contributed by atoms with Crippen LogP contribution in [0.25, 0.3) is 11.3 Å². The van der Waals surface area contributed by atoms with Gasteiger partial charge in [-0.15, -0.1) is 0 Å². The zero-order valence-corrected chi connectivity index (χ0v) is 22.6. The fraction of sp³-hybridized carbons (Fsp3) is 0.467. The number of anilines is 2. The summed E-state index contributed by atoms with van der Waals surface area (Å²) in [6.45, 7) is 10.2. The molecule has 2 aliphatic rings. The number of aryl methyl sites for hydroxylation is 1. The maximum atomic E-state index is 13.7. The fourth-order valence-electron chi connectivity index (χ4n) is 5.26. The molecule has 3 heterocycles. The number of morpholine rings is 1. The molecule has 0 radical (unpaired) electrons. The van der Waals surface area contributed by atoms with Crippen molar-refractivity contribution in [2.75, 3.05) is 56.2 Å². The molecule has 2 fully saturated rings. The quantitative estimate of drug-likeness (QED) is 0.432. The summed E-state index contributed by atoms with van der Waals surface area (Å²) in [7, 11) is 0. The van der Waals surface area contributed by atoms with E-state index in [1.54, 1.807) is 0 Å². The van der Waals surface area contributed by atoms with Gasteiger partial charge < -0.3 is 24.4 Å². The lowest BCUT2D eigenvalue weighted by Gasteiger charge is -2.34. The SMILES string of the molecule is Cc1ccc(NC(=O)N(CCN2CCOCC2)Cc2c(-c3ccccc3)noc2N2CCCC[C@@H]2C)cc1. The number of carbonyl (C=O) groups is 1. The maximum absolute atomic E-state index is 13.7. The van der Waals surface area contributed by atoms with Crippen molar-refractivity contribution in [3.8, 4) is 11.3 Å². The van der Waals surface area contributed by atoms with Crippen molar-refractivity contribution in [2.45, 2.75) is 45.7 Å². The highest BCUT2D eigenvalue weighted by Gasteiger charge is 2.30. The summed E-state index contributed by atoms with van der Waals surface area (Å²) in [5.74, 6) is 0.788. The molecule has 3 aromatic rings. The summed E-state index contributed by atoms with van der Waals surface area (Å²) in [6.07, 6.45) is 3.46. The van der Waals surface area contributed by atoms with E-state index in [1.165, 1.54) is 6.42 Å². The van der Waals surface area contributed by atoms with E-state index < -0.39 is 0 Å². The molecule has 2 aromatic carbocycles. The smallest absolute Gasteiger partial charge is 0.322 e. The molecule has 5 rings (SSSR count). The number of hydrogen-bond acceptors (Lipinski definition) is 6. The molecule has 0 aliphatic carbocycles. The molecule has 0 bridgehead atoms. The van der Waals surface area contributed by atoms with Gasteiger partial charge in [-0.05, 0) is 45.2 Å². The predicted molar refractivity (Wildman–Crippen MR) is 150 cm³/mol. The third kappa shape index (κ3) is 6.37. The second-order valence-electron chi connectivity index (χ2n) is 10.4. The Labute approximate surface area is 225 Å². The van der Waals surface area contributed by atoms with Gasteiger partial charge in [-0.1, -0.05) is 53.2 Å². The highest BCUT2D eigenvalue weighted by Crippen LogP contribution is 2.35. The van der Waals surface area contributed by atoms with Crippen molar-refractivity contribution < 1.29 is 14.1 Å². The highest BCUT2D eigenvalue weighted by molar-refractivity contribution is 5.89. The van der Waals surface area contributed by atoms with Gasteiger partial charge in [0.05, 0.1) is 25.3 Å². The number of piperidine rings is 1. The van der Waals surface area contributed by atoms with Crippen LogP contribution >= 0.6 is 0 Å². The van der Waals surface area contributed by atoms with Gasteiger partial charge in [-0.3, -0.25) is 4.90 Å². The topological polar surface area (TPSA) is 74.1 Å². The minimum Gasteiger partial charge on any atom is -0.379 e. The van der Waals surface area contributed by atoms with Crippen LogP contribution < -0.4 is 10.2 Å². The second kappa shape index (κ2) is 12.5. The Morgan fingerprint density at radius 3 is 2.55 bits per heavy atom. The molecule has 0 spiro atoms. The van der Waals surface area contributed by atoms with E-state index in [2.05, 4.69) is 39.3 Å².